The molecule has 10 aliphatic rings. The van der Waals surface area contributed by atoms with Crippen molar-refractivity contribution in [2.45, 2.75) is 347 Å². The fourth-order valence-corrected chi connectivity index (χ4v) is 16.6. The molecule has 57 nitrogen and oxygen atoms in total. The van der Waals surface area contributed by atoms with E-state index < -0.39 is 409 Å². The van der Waals surface area contributed by atoms with Crippen LogP contribution in [0.1, 0.15) is 34.6 Å². The van der Waals surface area contributed by atoms with Gasteiger partial charge in [0.1, 0.15) is 238 Å². The number of carbonyl (C=O) groups excluding carboxylic acids is 5. The van der Waals surface area contributed by atoms with E-state index in [1.807, 2.05) is 0 Å². The molecule has 0 aromatic carbocycles. The maximum absolute atomic E-state index is 13.4. The van der Waals surface area contributed by atoms with E-state index in [2.05, 4.69) is 26.6 Å². The van der Waals surface area contributed by atoms with E-state index in [1.165, 1.54) is 6.92 Å². The highest BCUT2D eigenvalue weighted by Crippen LogP contribution is 2.42. The molecule has 10 heterocycles. The zero-order chi connectivity index (χ0) is 94.9. The summed E-state index contributed by atoms with van der Waals surface area (Å²) in [5, 5.41) is 315. The van der Waals surface area contributed by atoms with E-state index in [0.29, 0.717) is 0 Å². The quantitative estimate of drug-likeness (QED) is 0.0257. The van der Waals surface area contributed by atoms with Crippen molar-refractivity contribution in [1.82, 2.24) is 26.6 Å². The fraction of sp³-hybridized carbons (Fsp3) is 0.931. The highest BCUT2D eigenvalue weighted by atomic mass is 16.8. The second kappa shape index (κ2) is 47.5. The van der Waals surface area contributed by atoms with Gasteiger partial charge in [-0.25, -0.2) is 0 Å². The lowest BCUT2D eigenvalue weighted by Gasteiger charge is -2.52. The molecule has 10 aliphatic heterocycles. The van der Waals surface area contributed by atoms with Gasteiger partial charge in [0.15, 0.2) is 62.9 Å². The average Bonchev–Trinajstić information content (AvgIpc) is 0.757. The second-order valence-corrected chi connectivity index (χ2v) is 32.4. The minimum absolute atomic E-state index is 0.249. The molecule has 5 amide bonds. The summed E-state index contributed by atoms with van der Waals surface area (Å²) in [4.78, 5) is 63.1. The van der Waals surface area contributed by atoms with Crippen molar-refractivity contribution in [1.29, 1.82) is 0 Å². The topological polar surface area (TPSA) is 876 Å². The van der Waals surface area contributed by atoms with Gasteiger partial charge in [0.05, 0.1) is 84.8 Å². The molecule has 0 spiro atoms. The first-order chi connectivity index (χ1) is 61.2. The summed E-state index contributed by atoms with van der Waals surface area (Å²) in [7, 11) is 0. The van der Waals surface area contributed by atoms with Crippen molar-refractivity contribution in [2.75, 3.05) is 72.7 Å². The summed E-state index contributed by atoms with van der Waals surface area (Å²) in [6.45, 7) is -6.42. The monoisotopic (exact) mass is 1890 g/mol. The number of aliphatic hydroxyl groups is 27. The summed E-state index contributed by atoms with van der Waals surface area (Å²) in [6, 6.07) is -8.80. The molecule has 0 aromatic heterocycles. The molecule has 0 saturated carbocycles. The van der Waals surface area contributed by atoms with Crippen molar-refractivity contribution in [2.24, 2.45) is 0 Å². The molecule has 746 valence electrons. The Balaban J connectivity index is 0.898. The number of nitrogens with one attached hydrogen (secondary N) is 5. The Labute approximate surface area is 731 Å². The molecule has 0 aliphatic carbocycles. The first kappa shape index (κ1) is 107. The molecule has 51 atom stereocenters. The summed E-state index contributed by atoms with van der Waals surface area (Å²) >= 11 is 0. The van der Waals surface area contributed by atoms with Crippen LogP contribution in [-0.2, 0) is 119 Å². The van der Waals surface area contributed by atoms with Gasteiger partial charge in [0.25, 0.3) is 0 Å². The summed E-state index contributed by atoms with van der Waals surface area (Å²) in [5.74, 6) is -3.82. The molecular weight excluding hydrogens is 1770 g/mol. The molecule has 0 unspecified atom stereocenters. The number of amides is 5. The zero-order valence-corrected chi connectivity index (χ0v) is 69.6. The third-order valence-corrected chi connectivity index (χ3v) is 23.4. The molecular formula is C72H121N5O52. The van der Waals surface area contributed by atoms with Crippen LogP contribution in [0.2, 0.25) is 0 Å². The van der Waals surface area contributed by atoms with Crippen LogP contribution in [0.3, 0.4) is 0 Å². The summed E-state index contributed by atoms with van der Waals surface area (Å²) in [5.41, 5.74) is 0. The maximum atomic E-state index is 13.4. The Morgan fingerprint density at radius 3 is 0.915 bits per heavy atom. The molecule has 57 heteroatoms. The Morgan fingerprint density at radius 1 is 0.264 bits per heavy atom. The van der Waals surface area contributed by atoms with Crippen molar-refractivity contribution in [3.8, 4) is 0 Å². The minimum Gasteiger partial charge on any atom is -0.394 e. The van der Waals surface area contributed by atoms with Gasteiger partial charge in [0.2, 0.25) is 30.0 Å². The van der Waals surface area contributed by atoms with Gasteiger partial charge < -0.3 is 259 Å². The van der Waals surface area contributed by atoms with E-state index in [4.69, 9.17) is 94.7 Å². The largest absolute Gasteiger partial charge is 0.394 e. The molecule has 10 saturated heterocycles. The number of carbonyl (C=O) groups is 5. The number of hydrogen-bond donors (Lipinski definition) is 32. The maximum Gasteiger partial charge on any atom is 0.217 e. The van der Waals surface area contributed by atoms with Gasteiger partial charge in [-0.2, -0.15) is 0 Å². The lowest BCUT2D eigenvalue weighted by molar-refractivity contribution is -0.405. The molecule has 0 bridgehead atoms. The Kier molecular flexibility index (Phi) is 39.2. The molecule has 129 heavy (non-hydrogen) atoms. The van der Waals surface area contributed by atoms with Gasteiger partial charge in [-0.3, -0.25) is 24.0 Å². The second-order valence-electron chi connectivity index (χ2n) is 32.4. The first-order valence-electron chi connectivity index (χ1n) is 41.2. The van der Waals surface area contributed by atoms with E-state index in [9.17, 15) is 162 Å². The molecule has 10 fully saturated rings. The summed E-state index contributed by atoms with van der Waals surface area (Å²) in [6.07, 6.45) is -95.6. The van der Waals surface area contributed by atoms with Crippen molar-refractivity contribution < 1.29 is 257 Å². The van der Waals surface area contributed by atoms with Crippen LogP contribution in [0.4, 0.5) is 0 Å². The summed E-state index contributed by atoms with van der Waals surface area (Å²) < 4.78 is 119. The molecule has 0 aromatic rings. The Hall–Kier alpha value is -4.53. The third-order valence-electron chi connectivity index (χ3n) is 23.4. The third kappa shape index (κ3) is 24.0. The predicted molar refractivity (Wildman–Crippen MR) is 398 cm³/mol. The van der Waals surface area contributed by atoms with E-state index in [1.54, 1.807) is 0 Å². The van der Waals surface area contributed by atoms with E-state index >= 15 is 0 Å². The standard InChI is InChI=1S/C72H121N5O52/c1-18-37(93)47(103)49(105)68(111-18)129-62-61(128-66-36(77-22(5)92)57(39(95)25(8-80)113-66)124-71-53(109)60(42(98)28(11-83)116-71)125-63-33(74-19(2)89)44(100)38(94)24(7-79)112-63)43(99)29(12-84)117-72(62)123-55-31(14-86)119-65(35(46(55)102)76-21(4)91)126-58-40(96)26(9-81)114-69(51(58)107)121-54-30(13-85)118-64(34(45(54)101)75-20(3)90)127-59-41(97)27(10-82)115-70(52(59)108)122-56-32(15-87)120-67(50(106)48(56)104)110-16-23(6-78)73-17-88/h17-18,23-72,78-87,93-109H,6-16H2,1-5H3,(H,73,88)(H,74,89)(H,75,90)(H,76,91)(H,77,92)/t18-,23+,24+,25+,26+,27+,28+,29+,30+,31+,32+,33+,34+,35+,36+,37+,38-,39-,40-,41-,42-,43-,44+,45+,46+,47+,48+,49-,50+,51+,52+,53+,54+,55+,56+,57+,58-,59-,60-,61-,62+,63+,64-,65-,66+,67+,68-,69-,70-,71-,72-/m0/s1. The Bertz CT molecular complexity index is 3480. The van der Waals surface area contributed by atoms with Gasteiger partial charge in [-0.15, -0.1) is 0 Å². The van der Waals surface area contributed by atoms with Crippen molar-refractivity contribution in [3.63, 3.8) is 0 Å². The van der Waals surface area contributed by atoms with Crippen LogP contribution < -0.4 is 26.6 Å². The average molecular weight is 1890 g/mol. The molecule has 10 rings (SSSR count). The SMILES string of the molecule is CC(=O)N[C@H]1[C@H](O[C@H]2[C@@H](O)[C@@H](CO)O[C@@H](O[C@H]3[C@H](O)[C@@H](O)[C@H](OC[C@@H](CO)NC=O)O[C@@H]3CO)[C@@H]2O)O[C@H](CO)[C@@H](O[C@@H]2O[C@H](CO)[C@H](O)[C@H](O[C@@H]3O[C@H](CO)[C@@H](O[C@@H]4O[C@H](CO)[C@H](O)[C@H](O[C@H]5O[C@H](CO)[C@H](O)[C@H](O[C@@H]6O[C@H](CO)[C@H](O)[C@H](O[C@H]7O[C@H](CO)[C@H](O)[C@H](O)[C@H]7NC(C)=O)[C@H]6O)[C@H]5NC(C)=O)[C@H]4O[C@@H]4O[C@@H](C)[C@@H](O)[C@@H](O)[C@@H]4O)[C@H](O)[C@H]3NC(C)=O)[C@H]2O)[C@@H]1O. The first-order valence-corrected chi connectivity index (χ1v) is 41.2. The van der Waals surface area contributed by atoms with Crippen LogP contribution in [0, 0.1) is 0 Å². The molecule has 32 N–H and O–H groups in total. The fourth-order valence-electron chi connectivity index (χ4n) is 16.6. The lowest BCUT2D eigenvalue weighted by Crippen LogP contribution is -2.72. The smallest absolute Gasteiger partial charge is 0.217 e. The lowest BCUT2D eigenvalue weighted by atomic mass is 9.93. The van der Waals surface area contributed by atoms with Crippen molar-refractivity contribution in [3.05, 3.63) is 0 Å². The van der Waals surface area contributed by atoms with Crippen LogP contribution in [0.5, 0.6) is 0 Å². The number of ether oxygens (including phenoxy) is 20. The highest BCUT2D eigenvalue weighted by Gasteiger charge is 2.63. The normalized spacial score (nSPS) is 47.8. The van der Waals surface area contributed by atoms with Crippen LogP contribution in [-0.4, -0.2) is 553 Å². The van der Waals surface area contributed by atoms with Gasteiger partial charge in [-0.05, 0) is 6.92 Å². The van der Waals surface area contributed by atoms with Gasteiger partial charge >= 0.3 is 0 Å². The van der Waals surface area contributed by atoms with E-state index in [-0.39, 0.29) is 6.41 Å². The highest BCUT2D eigenvalue weighted by molar-refractivity contribution is 5.74. The zero-order valence-electron chi connectivity index (χ0n) is 69.6. The van der Waals surface area contributed by atoms with Crippen molar-refractivity contribution >= 4 is 30.0 Å². The van der Waals surface area contributed by atoms with Crippen LogP contribution in [0.25, 0.3) is 0 Å². The van der Waals surface area contributed by atoms with Gasteiger partial charge in [0, 0.05) is 27.7 Å². The van der Waals surface area contributed by atoms with E-state index in [0.717, 1.165) is 27.7 Å². The number of hydrogen-bond acceptors (Lipinski definition) is 52. The van der Waals surface area contributed by atoms with Crippen LogP contribution >= 0.6 is 0 Å². The predicted octanol–water partition coefficient (Wildman–Crippen LogP) is -22.1. The molecule has 0 radical (unpaired) electrons. The Morgan fingerprint density at radius 2 is 0.535 bits per heavy atom. The number of rotatable bonds is 37. The number of aliphatic hydroxyl groups excluding tert-OH is 27. The minimum atomic E-state index is -2.44. The van der Waals surface area contributed by atoms with Gasteiger partial charge in [-0.1, -0.05) is 0 Å². The van der Waals surface area contributed by atoms with Crippen LogP contribution in [0.15, 0.2) is 0 Å².